The second-order valence-corrected chi connectivity index (χ2v) is 8.76. The maximum absolute atomic E-state index is 5.88. The molecular formula is C23H16Br2N2OS. The molecule has 1 saturated heterocycles. The molecule has 2 heterocycles. The normalized spacial score (nSPS) is 14.1. The first-order chi connectivity index (χ1) is 14.0. The highest BCUT2D eigenvalue weighted by atomic mass is 79.9. The molecule has 0 radical (unpaired) electrons. The molecular weight excluding hydrogens is 512 g/mol. The van der Waals surface area contributed by atoms with Gasteiger partial charge in [-0.25, -0.2) is 0 Å². The maximum Gasteiger partial charge on any atom is 0.181 e. The van der Waals surface area contributed by atoms with E-state index < -0.39 is 0 Å². The fourth-order valence-electron chi connectivity index (χ4n) is 3.23. The largest absolute Gasteiger partial charge is 0.448 e. The van der Waals surface area contributed by atoms with E-state index in [0.29, 0.717) is 18.8 Å². The van der Waals surface area contributed by atoms with Gasteiger partial charge >= 0.3 is 0 Å². The van der Waals surface area contributed by atoms with Gasteiger partial charge in [0.1, 0.15) is 5.76 Å². The average Bonchev–Trinajstić information content (AvgIpc) is 3.16. The van der Waals surface area contributed by atoms with Crippen molar-refractivity contribution in [2.24, 2.45) is 0 Å². The molecule has 144 valence electrons. The first kappa shape index (κ1) is 20.0. The molecule has 1 fully saturated rings. The summed E-state index contributed by atoms with van der Waals surface area (Å²) in [6, 6.07) is 20.0. The number of hydrogen-bond acceptors (Lipinski definition) is 2. The summed E-state index contributed by atoms with van der Waals surface area (Å²) in [5, 5.41) is 0.752. The number of furan rings is 1. The molecule has 1 aromatic heterocycles. The smallest absolute Gasteiger partial charge is 0.181 e. The summed E-state index contributed by atoms with van der Waals surface area (Å²) in [5.41, 5.74) is 3.22. The van der Waals surface area contributed by atoms with E-state index >= 15 is 0 Å². The molecule has 0 atom stereocenters. The Balaban J connectivity index is 1.75. The lowest BCUT2D eigenvalue weighted by Gasteiger charge is -2.40. The second-order valence-electron chi connectivity index (χ2n) is 6.56. The zero-order valence-corrected chi connectivity index (χ0v) is 19.3. The van der Waals surface area contributed by atoms with Gasteiger partial charge in [0, 0.05) is 33.4 Å². The molecule has 4 rings (SSSR count). The Labute approximate surface area is 192 Å². The number of thiocarbonyl (C=S) groups is 1. The van der Waals surface area contributed by atoms with Crippen molar-refractivity contribution in [3.05, 3.63) is 86.7 Å². The zero-order valence-electron chi connectivity index (χ0n) is 15.3. The Morgan fingerprint density at radius 3 is 2.00 bits per heavy atom. The number of halogens is 2. The highest BCUT2D eigenvalue weighted by Crippen LogP contribution is 2.30. The number of terminal acetylenes is 1. The number of anilines is 2. The zero-order chi connectivity index (χ0) is 20.4. The standard InChI is InChI=1S/C23H16Br2N2OS/c1-2-21-9-10-22(28-21)11-16-14-26(19-7-3-5-17(24)12-19)23(29)27(15-16)20-8-4-6-18(25)13-20/h1,3-13H,14-15H2. The second kappa shape index (κ2) is 8.58. The first-order valence-electron chi connectivity index (χ1n) is 8.89. The van der Waals surface area contributed by atoms with Crippen molar-refractivity contribution in [2.75, 3.05) is 22.9 Å². The van der Waals surface area contributed by atoms with Crippen molar-refractivity contribution in [2.45, 2.75) is 0 Å². The fourth-order valence-corrected chi connectivity index (χ4v) is 4.34. The third-order valence-electron chi connectivity index (χ3n) is 4.54. The summed E-state index contributed by atoms with van der Waals surface area (Å²) in [6.07, 6.45) is 7.47. The predicted octanol–water partition coefficient (Wildman–Crippen LogP) is 6.48. The van der Waals surface area contributed by atoms with Crippen molar-refractivity contribution >= 4 is 66.6 Å². The summed E-state index contributed by atoms with van der Waals surface area (Å²) in [4.78, 5) is 4.25. The van der Waals surface area contributed by atoms with Gasteiger partial charge in [-0.3, -0.25) is 0 Å². The molecule has 0 amide bonds. The van der Waals surface area contributed by atoms with E-state index in [0.717, 1.165) is 36.8 Å². The molecule has 0 bridgehead atoms. The average molecular weight is 528 g/mol. The lowest BCUT2D eigenvalue weighted by atomic mass is 10.1. The molecule has 0 spiro atoms. The Morgan fingerprint density at radius 1 is 0.931 bits per heavy atom. The molecule has 1 aliphatic heterocycles. The third kappa shape index (κ3) is 4.48. The topological polar surface area (TPSA) is 19.6 Å². The van der Waals surface area contributed by atoms with E-state index in [2.05, 4.69) is 71.8 Å². The van der Waals surface area contributed by atoms with Crippen LogP contribution in [0.15, 0.2) is 79.6 Å². The lowest BCUT2D eigenvalue weighted by molar-refractivity contribution is 0.544. The van der Waals surface area contributed by atoms with E-state index in [-0.39, 0.29) is 0 Å². The lowest BCUT2D eigenvalue weighted by Crippen LogP contribution is -2.50. The highest BCUT2D eigenvalue weighted by Gasteiger charge is 2.28. The van der Waals surface area contributed by atoms with Gasteiger partial charge in [0.25, 0.3) is 0 Å². The summed E-state index contributed by atoms with van der Waals surface area (Å²) in [5.74, 6) is 3.79. The van der Waals surface area contributed by atoms with E-state index in [4.69, 9.17) is 23.1 Å². The molecule has 29 heavy (non-hydrogen) atoms. The Kier molecular flexibility index (Phi) is 5.91. The van der Waals surface area contributed by atoms with Crippen LogP contribution in [-0.2, 0) is 0 Å². The van der Waals surface area contributed by atoms with Gasteiger partial charge in [-0.05, 0) is 78.3 Å². The predicted molar refractivity (Wildman–Crippen MR) is 130 cm³/mol. The van der Waals surface area contributed by atoms with Crippen LogP contribution in [0, 0.1) is 12.3 Å². The van der Waals surface area contributed by atoms with Crippen molar-refractivity contribution < 1.29 is 4.42 Å². The summed E-state index contributed by atoms with van der Waals surface area (Å²) < 4.78 is 7.70. The Hall–Kier alpha value is -2.33. The van der Waals surface area contributed by atoms with Crippen molar-refractivity contribution in [3.63, 3.8) is 0 Å². The van der Waals surface area contributed by atoms with Crippen LogP contribution in [0.5, 0.6) is 0 Å². The van der Waals surface area contributed by atoms with Crippen LogP contribution >= 0.6 is 44.1 Å². The van der Waals surface area contributed by atoms with Crippen LogP contribution in [-0.4, -0.2) is 18.2 Å². The molecule has 0 aliphatic carbocycles. The number of rotatable bonds is 3. The van der Waals surface area contributed by atoms with Gasteiger partial charge in [0.05, 0.1) is 0 Å². The van der Waals surface area contributed by atoms with Crippen LogP contribution in [0.3, 0.4) is 0 Å². The summed E-state index contributed by atoms with van der Waals surface area (Å²) in [7, 11) is 0. The van der Waals surface area contributed by atoms with E-state index in [9.17, 15) is 0 Å². The first-order valence-corrected chi connectivity index (χ1v) is 10.9. The minimum atomic E-state index is 0.524. The van der Waals surface area contributed by atoms with Crippen molar-refractivity contribution in [1.82, 2.24) is 0 Å². The van der Waals surface area contributed by atoms with Crippen LogP contribution in [0.1, 0.15) is 11.5 Å². The minimum absolute atomic E-state index is 0.524. The number of nitrogens with zero attached hydrogens (tertiary/aromatic N) is 2. The monoisotopic (exact) mass is 526 g/mol. The van der Waals surface area contributed by atoms with Gasteiger partial charge in [0.2, 0.25) is 0 Å². The van der Waals surface area contributed by atoms with Crippen molar-refractivity contribution in [1.29, 1.82) is 0 Å². The number of hydrogen-bond donors (Lipinski definition) is 0. The fraction of sp³-hybridized carbons (Fsp3) is 0.0870. The molecule has 3 nitrogen and oxygen atoms in total. The molecule has 0 saturated carbocycles. The van der Waals surface area contributed by atoms with Crippen LogP contribution < -0.4 is 9.80 Å². The van der Waals surface area contributed by atoms with Gasteiger partial charge in [-0.2, -0.15) is 0 Å². The molecule has 3 aromatic rings. The quantitative estimate of drug-likeness (QED) is 0.286. The maximum atomic E-state index is 5.88. The van der Waals surface area contributed by atoms with Crippen LogP contribution in [0.2, 0.25) is 0 Å². The summed E-state index contributed by atoms with van der Waals surface area (Å²) in [6.45, 7) is 1.34. The molecule has 0 N–H and O–H groups in total. The number of benzene rings is 2. The van der Waals surface area contributed by atoms with Gasteiger partial charge in [-0.15, -0.1) is 6.42 Å². The van der Waals surface area contributed by atoms with Gasteiger partial charge in [0.15, 0.2) is 10.9 Å². The molecule has 0 unspecified atom stereocenters. The van der Waals surface area contributed by atoms with E-state index in [1.165, 1.54) is 0 Å². The minimum Gasteiger partial charge on any atom is -0.448 e. The highest BCUT2D eigenvalue weighted by molar-refractivity contribution is 9.10. The van der Waals surface area contributed by atoms with Gasteiger partial charge in [-0.1, -0.05) is 44.0 Å². The van der Waals surface area contributed by atoms with Crippen molar-refractivity contribution in [3.8, 4) is 12.3 Å². The van der Waals surface area contributed by atoms with Crippen LogP contribution in [0.25, 0.3) is 6.08 Å². The Bertz CT molecular complexity index is 1090. The molecule has 2 aromatic carbocycles. The third-order valence-corrected chi connectivity index (χ3v) is 5.97. The molecule has 6 heteroatoms. The Morgan fingerprint density at radius 2 is 1.52 bits per heavy atom. The molecule has 1 aliphatic rings. The SMILES string of the molecule is C#Cc1ccc(C=C2CN(c3cccc(Br)c3)C(=S)N(c3cccc(Br)c3)C2)o1. The van der Waals surface area contributed by atoms with Crippen LogP contribution in [0.4, 0.5) is 11.4 Å². The van der Waals surface area contributed by atoms with E-state index in [1.807, 2.05) is 36.4 Å². The van der Waals surface area contributed by atoms with E-state index in [1.54, 1.807) is 6.07 Å². The van der Waals surface area contributed by atoms with Gasteiger partial charge < -0.3 is 14.2 Å². The summed E-state index contributed by atoms with van der Waals surface area (Å²) >= 11 is 13.0.